The van der Waals surface area contributed by atoms with Gasteiger partial charge in [-0.15, -0.1) is 17.9 Å². The standard InChI is InChI=1S/C17H19N3O4S/c1-3-9-18-17-20-13(11-25-17)16(22)24-10-15(21)19-12-7-5-6-8-14(12)23-4-2/h3,5-8,11H,1,4,9-10H2,2H3,(H,18,20)(H,19,21). The summed E-state index contributed by atoms with van der Waals surface area (Å²) in [5, 5.41) is 7.78. The molecule has 1 amide bonds. The predicted octanol–water partition coefficient (Wildman–Crippen LogP) is 2.94. The van der Waals surface area contributed by atoms with Crippen molar-refractivity contribution in [1.29, 1.82) is 0 Å². The Morgan fingerprint density at radius 2 is 2.16 bits per heavy atom. The van der Waals surface area contributed by atoms with Gasteiger partial charge in [0.25, 0.3) is 5.91 Å². The van der Waals surface area contributed by atoms with Gasteiger partial charge in [-0.05, 0) is 19.1 Å². The van der Waals surface area contributed by atoms with Crippen LogP contribution in [0.5, 0.6) is 5.75 Å². The molecule has 0 saturated carbocycles. The van der Waals surface area contributed by atoms with Gasteiger partial charge in [-0.3, -0.25) is 4.79 Å². The lowest BCUT2D eigenvalue weighted by molar-refractivity contribution is -0.119. The number of aromatic nitrogens is 1. The van der Waals surface area contributed by atoms with E-state index in [-0.39, 0.29) is 5.69 Å². The first-order chi connectivity index (χ1) is 12.1. The zero-order valence-electron chi connectivity index (χ0n) is 13.8. The molecule has 1 aromatic heterocycles. The molecule has 0 radical (unpaired) electrons. The van der Waals surface area contributed by atoms with Crippen LogP contribution in [-0.2, 0) is 9.53 Å². The van der Waals surface area contributed by atoms with Gasteiger partial charge >= 0.3 is 5.97 Å². The molecule has 0 aliphatic rings. The first-order valence-electron chi connectivity index (χ1n) is 7.63. The second-order valence-corrected chi connectivity index (χ2v) is 5.62. The lowest BCUT2D eigenvalue weighted by Gasteiger charge is -2.11. The summed E-state index contributed by atoms with van der Waals surface area (Å²) >= 11 is 1.27. The second-order valence-electron chi connectivity index (χ2n) is 4.76. The molecule has 2 aromatic rings. The van der Waals surface area contributed by atoms with E-state index in [1.165, 1.54) is 11.3 Å². The Kier molecular flexibility index (Phi) is 6.97. The molecule has 0 atom stereocenters. The fourth-order valence-corrected chi connectivity index (χ4v) is 2.54. The molecule has 0 spiro atoms. The summed E-state index contributed by atoms with van der Waals surface area (Å²) in [4.78, 5) is 28.0. The molecule has 2 rings (SSSR count). The SMILES string of the molecule is C=CCNc1nc(C(=O)OCC(=O)Nc2ccccc2OCC)cs1. The van der Waals surface area contributed by atoms with Gasteiger partial charge in [0.2, 0.25) is 0 Å². The minimum atomic E-state index is -0.656. The third kappa shape index (κ3) is 5.61. The Bertz CT molecular complexity index is 745. The number of carbonyl (C=O) groups excluding carboxylic acids is 2. The lowest BCUT2D eigenvalue weighted by atomic mass is 10.3. The summed E-state index contributed by atoms with van der Waals surface area (Å²) in [5.41, 5.74) is 0.675. The van der Waals surface area contributed by atoms with E-state index in [0.717, 1.165) is 0 Å². The van der Waals surface area contributed by atoms with Crippen LogP contribution in [0.3, 0.4) is 0 Å². The Morgan fingerprint density at radius 3 is 2.92 bits per heavy atom. The van der Waals surface area contributed by atoms with Gasteiger partial charge in [0, 0.05) is 11.9 Å². The van der Waals surface area contributed by atoms with Crippen molar-refractivity contribution in [3.05, 3.63) is 48.0 Å². The van der Waals surface area contributed by atoms with Crippen molar-refractivity contribution in [1.82, 2.24) is 4.98 Å². The zero-order valence-corrected chi connectivity index (χ0v) is 14.6. The number of rotatable bonds is 9. The molecule has 1 aromatic carbocycles. The smallest absolute Gasteiger partial charge is 0.358 e. The van der Waals surface area contributed by atoms with Gasteiger partial charge in [0.15, 0.2) is 17.4 Å². The number of hydrogen-bond donors (Lipinski definition) is 2. The first-order valence-corrected chi connectivity index (χ1v) is 8.51. The van der Waals surface area contributed by atoms with E-state index >= 15 is 0 Å². The molecule has 0 fully saturated rings. The molecule has 0 saturated heterocycles. The fraction of sp³-hybridized carbons (Fsp3) is 0.235. The van der Waals surface area contributed by atoms with Crippen molar-refractivity contribution in [2.45, 2.75) is 6.92 Å². The molecule has 0 unspecified atom stereocenters. The van der Waals surface area contributed by atoms with Crippen molar-refractivity contribution in [2.24, 2.45) is 0 Å². The Morgan fingerprint density at radius 1 is 1.36 bits per heavy atom. The number of thiazole rings is 1. The van der Waals surface area contributed by atoms with Gasteiger partial charge in [-0.2, -0.15) is 0 Å². The van der Waals surface area contributed by atoms with Gasteiger partial charge in [0.05, 0.1) is 12.3 Å². The quantitative estimate of drug-likeness (QED) is 0.527. The molecule has 132 valence electrons. The number of hydrogen-bond acceptors (Lipinski definition) is 7. The van der Waals surface area contributed by atoms with Crippen LogP contribution in [0.25, 0.3) is 0 Å². The van der Waals surface area contributed by atoms with E-state index in [1.807, 2.05) is 6.92 Å². The van der Waals surface area contributed by atoms with E-state index < -0.39 is 18.5 Å². The lowest BCUT2D eigenvalue weighted by Crippen LogP contribution is -2.21. The van der Waals surface area contributed by atoms with Gasteiger partial charge in [-0.25, -0.2) is 9.78 Å². The molecule has 7 nitrogen and oxygen atoms in total. The molecule has 1 heterocycles. The summed E-state index contributed by atoms with van der Waals surface area (Å²) in [6.45, 7) is 6.06. The molecule has 25 heavy (non-hydrogen) atoms. The van der Waals surface area contributed by atoms with Crippen LogP contribution >= 0.6 is 11.3 Å². The van der Waals surface area contributed by atoms with E-state index in [9.17, 15) is 9.59 Å². The van der Waals surface area contributed by atoms with E-state index in [4.69, 9.17) is 9.47 Å². The largest absolute Gasteiger partial charge is 0.492 e. The van der Waals surface area contributed by atoms with E-state index in [2.05, 4.69) is 22.2 Å². The summed E-state index contributed by atoms with van der Waals surface area (Å²) in [5.74, 6) is -0.556. The minimum Gasteiger partial charge on any atom is -0.492 e. The zero-order chi connectivity index (χ0) is 18.1. The van der Waals surface area contributed by atoms with Crippen LogP contribution in [-0.4, -0.2) is 36.6 Å². The second kappa shape index (κ2) is 9.43. The third-order valence-corrected chi connectivity index (χ3v) is 3.71. The highest BCUT2D eigenvalue weighted by Crippen LogP contribution is 2.23. The maximum Gasteiger partial charge on any atom is 0.358 e. The van der Waals surface area contributed by atoms with E-state index in [0.29, 0.717) is 29.7 Å². The topological polar surface area (TPSA) is 89.5 Å². The normalized spacial score (nSPS) is 9.96. The van der Waals surface area contributed by atoms with Crippen molar-refractivity contribution >= 4 is 34.0 Å². The molecule has 8 heteroatoms. The average Bonchev–Trinajstić information content (AvgIpc) is 3.09. The number of benzene rings is 1. The minimum absolute atomic E-state index is 0.152. The van der Waals surface area contributed by atoms with Crippen molar-refractivity contribution < 1.29 is 19.1 Å². The van der Waals surface area contributed by atoms with Crippen LogP contribution in [0.2, 0.25) is 0 Å². The first kappa shape index (κ1) is 18.5. The number of esters is 1. The van der Waals surface area contributed by atoms with Crippen LogP contribution in [0, 0.1) is 0 Å². The summed E-state index contributed by atoms with van der Waals surface area (Å²) in [6.07, 6.45) is 1.68. The molecule has 2 N–H and O–H groups in total. The number of para-hydroxylation sites is 2. The van der Waals surface area contributed by atoms with Crippen LogP contribution < -0.4 is 15.4 Å². The number of nitrogens with one attached hydrogen (secondary N) is 2. The van der Waals surface area contributed by atoms with Crippen LogP contribution in [0.1, 0.15) is 17.4 Å². The Balaban J connectivity index is 1.86. The van der Waals surface area contributed by atoms with Crippen molar-refractivity contribution in [3.63, 3.8) is 0 Å². The van der Waals surface area contributed by atoms with Gasteiger partial charge in [0.1, 0.15) is 5.75 Å². The highest BCUT2D eigenvalue weighted by Gasteiger charge is 2.15. The summed E-state index contributed by atoms with van der Waals surface area (Å²) in [6, 6.07) is 7.04. The molecule has 0 aliphatic carbocycles. The number of carbonyl (C=O) groups is 2. The third-order valence-electron chi connectivity index (χ3n) is 2.91. The predicted molar refractivity (Wildman–Crippen MR) is 97.3 cm³/mol. The van der Waals surface area contributed by atoms with Crippen molar-refractivity contribution in [2.75, 3.05) is 30.4 Å². The van der Waals surface area contributed by atoms with E-state index in [1.54, 1.807) is 35.7 Å². The number of amides is 1. The Hall–Kier alpha value is -2.87. The molecular weight excluding hydrogens is 342 g/mol. The molecule has 0 aliphatic heterocycles. The summed E-state index contributed by atoms with van der Waals surface area (Å²) in [7, 11) is 0. The van der Waals surface area contributed by atoms with Crippen LogP contribution in [0.15, 0.2) is 42.3 Å². The highest BCUT2D eigenvalue weighted by atomic mass is 32.1. The van der Waals surface area contributed by atoms with Gasteiger partial charge in [-0.1, -0.05) is 18.2 Å². The maximum absolute atomic E-state index is 12.0. The number of nitrogens with zero attached hydrogens (tertiary/aromatic N) is 1. The number of anilines is 2. The van der Waals surface area contributed by atoms with Crippen LogP contribution in [0.4, 0.5) is 10.8 Å². The van der Waals surface area contributed by atoms with Crippen molar-refractivity contribution in [3.8, 4) is 5.75 Å². The fourth-order valence-electron chi connectivity index (χ4n) is 1.85. The number of ether oxygens (including phenoxy) is 2. The molecular formula is C17H19N3O4S. The van der Waals surface area contributed by atoms with Gasteiger partial charge < -0.3 is 20.1 Å². The maximum atomic E-state index is 12.0. The monoisotopic (exact) mass is 361 g/mol. The molecule has 0 bridgehead atoms. The average molecular weight is 361 g/mol. The summed E-state index contributed by atoms with van der Waals surface area (Å²) < 4.78 is 10.4. The Labute approximate surface area is 149 Å². The highest BCUT2D eigenvalue weighted by molar-refractivity contribution is 7.13.